The van der Waals surface area contributed by atoms with Crippen molar-refractivity contribution >= 4 is 11.6 Å². The molecule has 0 saturated carbocycles. The Hall–Kier alpha value is -1.40. The van der Waals surface area contributed by atoms with Crippen LogP contribution in [-0.4, -0.2) is 51.9 Å². The second-order valence-corrected chi connectivity index (χ2v) is 7.07. The number of aliphatic hydroxyl groups is 1. The lowest BCUT2D eigenvalue weighted by atomic mass is 9.96. The Morgan fingerprint density at radius 3 is 2.45 bits per heavy atom. The van der Waals surface area contributed by atoms with E-state index in [4.69, 9.17) is 5.11 Å². The molecule has 0 bridgehead atoms. The van der Waals surface area contributed by atoms with Crippen molar-refractivity contribution in [2.75, 3.05) is 31.6 Å². The zero-order valence-electron chi connectivity index (χ0n) is 14.7. The van der Waals surface area contributed by atoms with E-state index in [1.165, 1.54) is 0 Å². The fourth-order valence-corrected chi connectivity index (χ4v) is 2.52. The third-order valence-corrected chi connectivity index (χ3v) is 3.47. The van der Waals surface area contributed by atoms with Gasteiger partial charge < -0.3 is 10.4 Å². The molecule has 0 atom stereocenters. The largest absolute Gasteiger partial charge is 0.396 e. The first kappa shape index (κ1) is 18.6. The topological polar surface area (TPSA) is 70.4 Å². The van der Waals surface area contributed by atoms with Gasteiger partial charge in [-0.2, -0.15) is 5.10 Å². The maximum atomic E-state index is 12.3. The number of aromatic nitrogens is 2. The number of carbonyl (C=O) groups excluding carboxylic acids is 1. The van der Waals surface area contributed by atoms with Crippen LogP contribution >= 0.6 is 0 Å². The van der Waals surface area contributed by atoms with Crippen LogP contribution in [0.2, 0.25) is 0 Å². The second-order valence-electron chi connectivity index (χ2n) is 7.07. The Balaban J connectivity index is 2.69. The van der Waals surface area contributed by atoms with E-state index in [2.05, 4.69) is 36.1 Å². The van der Waals surface area contributed by atoms with Crippen LogP contribution in [0.3, 0.4) is 0 Å². The van der Waals surface area contributed by atoms with Crippen LogP contribution in [-0.2, 0) is 11.8 Å². The smallest absolute Gasteiger partial charge is 0.238 e. The van der Waals surface area contributed by atoms with Crippen LogP contribution in [0.4, 0.5) is 5.69 Å². The lowest BCUT2D eigenvalue weighted by Crippen LogP contribution is -2.39. The summed E-state index contributed by atoms with van der Waals surface area (Å²) in [6.45, 7) is 12.3. The lowest BCUT2D eigenvalue weighted by Gasteiger charge is -2.29. The number of anilines is 1. The fourth-order valence-electron chi connectivity index (χ4n) is 2.52. The number of hydrogen-bond acceptors (Lipinski definition) is 4. The van der Waals surface area contributed by atoms with E-state index in [1.54, 1.807) is 4.68 Å². The summed E-state index contributed by atoms with van der Waals surface area (Å²) in [6, 6.07) is 0. The SMILES string of the molecule is Cc1nn(C)c(C)c1NC(=O)CN(CCCO)CC(C)(C)C. The molecule has 1 amide bonds. The number of nitrogens with one attached hydrogen (secondary N) is 1. The molecular formula is C16H30N4O2. The maximum absolute atomic E-state index is 12.3. The number of carbonyl (C=O) groups is 1. The third kappa shape index (κ3) is 5.77. The molecular weight excluding hydrogens is 280 g/mol. The summed E-state index contributed by atoms with van der Waals surface area (Å²) in [6.07, 6.45) is 0.675. The number of aryl methyl sites for hydroxylation is 2. The minimum absolute atomic E-state index is 0.0404. The summed E-state index contributed by atoms with van der Waals surface area (Å²) in [5.74, 6) is -0.0404. The van der Waals surface area contributed by atoms with E-state index < -0.39 is 0 Å². The van der Waals surface area contributed by atoms with Crippen LogP contribution in [0.1, 0.15) is 38.6 Å². The Labute approximate surface area is 133 Å². The van der Waals surface area contributed by atoms with Crippen LogP contribution in [0, 0.1) is 19.3 Å². The first-order valence-corrected chi connectivity index (χ1v) is 7.77. The highest BCUT2D eigenvalue weighted by atomic mass is 16.3. The van der Waals surface area contributed by atoms with E-state index >= 15 is 0 Å². The molecule has 0 radical (unpaired) electrons. The molecule has 0 unspecified atom stereocenters. The van der Waals surface area contributed by atoms with Crippen molar-refractivity contribution in [1.82, 2.24) is 14.7 Å². The monoisotopic (exact) mass is 310 g/mol. The molecule has 0 spiro atoms. The van der Waals surface area contributed by atoms with E-state index in [1.807, 2.05) is 20.9 Å². The molecule has 0 aliphatic rings. The Morgan fingerprint density at radius 1 is 1.36 bits per heavy atom. The van der Waals surface area contributed by atoms with E-state index in [0.29, 0.717) is 19.5 Å². The summed E-state index contributed by atoms with van der Waals surface area (Å²) < 4.78 is 1.77. The van der Waals surface area contributed by atoms with Crippen molar-refractivity contribution in [2.45, 2.75) is 41.0 Å². The van der Waals surface area contributed by atoms with Crippen molar-refractivity contribution in [3.05, 3.63) is 11.4 Å². The van der Waals surface area contributed by atoms with Gasteiger partial charge in [-0.3, -0.25) is 14.4 Å². The zero-order valence-corrected chi connectivity index (χ0v) is 14.7. The van der Waals surface area contributed by atoms with Crippen LogP contribution in [0.25, 0.3) is 0 Å². The van der Waals surface area contributed by atoms with Gasteiger partial charge in [0.15, 0.2) is 0 Å². The van der Waals surface area contributed by atoms with Crippen LogP contribution < -0.4 is 5.32 Å². The highest BCUT2D eigenvalue weighted by Gasteiger charge is 2.20. The van der Waals surface area contributed by atoms with Gasteiger partial charge in [0.1, 0.15) is 0 Å². The quantitative estimate of drug-likeness (QED) is 0.804. The molecule has 0 aliphatic heterocycles. The molecule has 0 saturated heterocycles. The minimum atomic E-state index is -0.0404. The summed E-state index contributed by atoms with van der Waals surface area (Å²) in [5, 5.41) is 16.3. The van der Waals surface area contributed by atoms with Crippen molar-refractivity contribution in [3.63, 3.8) is 0 Å². The van der Waals surface area contributed by atoms with E-state index in [9.17, 15) is 4.79 Å². The molecule has 0 fully saturated rings. The van der Waals surface area contributed by atoms with Gasteiger partial charge in [-0.1, -0.05) is 20.8 Å². The summed E-state index contributed by atoms with van der Waals surface area (Å²) >= 11 is 0. The average Bonchev–Trinajstić information content (AvgIpc) is 2.61. The first-order valence-electron chi connectivity index (χ1n) is 7.77. The summed E-state index contributed by atoms with van der Waals surface area (Å²) in [4.78, 5) is 14.4. The second kappa shape index (κ2) is 7.74. The molecule has 0 aromatic carbocycles. The van der Waals surface area contributed by atoms with Gasteiger partial charge in [-0.15, -0.1) is 0 Å². The van der Waals surface area contributed by atoms with Crippen LogP contribution in [0.5, 0.6) is 0 Å². The normalized spacial score (nSPS) is 12.0. The molecule has 2 N–H and O–H groups in total. The number of rotatable bonds is 7. The number of aliphatic hydroxyl groups excluding tert-OH is 1. The van der Waals surface area contributed by atoms with E-state index in [-0.39, 0.29) is 17.9 Å². The molecule has 6 heteroatoms. The zero-order chi connectivity index (χ0) is 16.9. The lowest BCUT2D eigenvalue weighted by molar-refractivity contribution is -0.117. The highest BCUT2D eigenvalue weighted by Crippen LogP contribution is 2.19. The number of amides is 1. The predicted octanol–water partition coefficient (Wildman–Crippen LogP) is 1.71. The Kier molecular flexibility index (Phi) is 6.56. The first-order chi connectivity index (χ1) is 10.1. The molecule has 126 valence electrons. The Bertz CT molecular complexity index is 503. The van der Waals surface area contributed by atoms with Gasteiger partial charge in [-0.05, 0) is 25.7 Å². The third-order valence-electron chi connectivity index (χ3n) is 3.47. The Morgan fingerprint density at radius 2 is 2.00 bits per heavy atom. The molecule has 0 aliphatic carbocycles. The van der Waals surface area contributed by atoms with Gasteiger partial charge in [0.05, 0.1) is 23.6 Å². The van der Waals surface area contributed by atoms with Gasteiger partial charge in [0.2, 0.25) is 5.91 Å². The van der Waals surface area contributed by atoms with Crippen LogP contribution in [0.15, 0.2) is 0 Å². The van der Waals surface area contributed by atoms with Crippen molar-refractivity contribution in [3.8, 4) is 0 Å². The van der Waals surface area contributed by atoms with Gasteiger partial charge >= 0.3 is 0 Å². The molecule has 1 rings (SSSR count). The molecule has 1 aromatic rings. The van der Waals surface area contributed by atoms with Gasteiger partial charge in [-0.25, -0.2) is 0 Å². The molecule has 1 heterocycles. The molecule has 22 heavy (non-hydrogen) atoms. The molecule has 1 aromatic heterocycles. The van der Waals surface area contributed by atoms with Gasteiger partial charge in [0.25, 0.3) is 0 Å². The summed E-state index contributed by atoms with van der Waals surface area (Å²) in [5.41, 5.74) is 2.68. The summed E-state index contributed by atoms with van der Waals surface area (Å²) in [7, 11) is 1.87. The van der Waals surface area contributed by atoms with Crippen molar-refractivity contribution in [2.24, 2.45) is 12.5 Å². The predicted molar refractivity (Wildman–Crippen MR) is 88.9 cm³/mol. The fraction of sp³-hybridized carbons (Fsp3) is 0.750. The van der Waals surface area contributed by atoms with Crippen molar-refractivity contribution < 1.29 is 9.90 Å². The number of hydrogen-bond donors (Lipinski definition) is 2. The highest BCUT2D eigenvalue weighted by molar-refractivity contribution is 5.93. The van der Waals surface area contributed by atoms with Crippen molar-refractivity contribution in [1.29, 1.82) is 0 Å². The minimum Gasteiger partial charge on any atom is -0.396 e. The standard InChI is InChI=1S/C16H30N4O2/c1-12-15(13(2)19(6)18-12)17-14(22)10-20(8-7-9-21)11-16(3,4)5/h21H,7-11H2,1-6H3,(H,17,22). The average molecular weight is 310 g/mol. The van der Waals surface area contributed by atoms with Gasteiger partial charge in [0, 0.05) is 26.7 Å². The maximum Gasteiger partial charge on any atom is 0.238 e. The molecule has 6 nitrogen and oxygen atoms in total. The number of nitrogens with zero attached hydrogens (tertiary/aromatic N) is 3. The van der Waals surface area contributed by atoms with E-state index in [0.717, 1.165) is 23.6 Å².